The summed E-state index contributed by atoms with van der Waals surface area (Å²) in [5, 5.41) is 10.8. The van der Waals surface area contributed by atoms with Crippen LogP contribution in [0, 0.1) is 0 Å². The fraction of sp³-hybridized carbons (Fsp3) is 0.364. The minimum absolute atomic E-state index is 0.0273. The molecule has 0 saturated carbocycles. The fourth-order valence-electron chi connectivity index (χ4n) is 3.03. The Bertz CT molecular complexity index is 1030. The van der Waals surface area contributed by atoms with E-state index < -0.39 is 18.8 Å². The molecule has 0 fully saturated rings. The van der Waals surface area contributed by atoms with Crippen molar-refractivity contribution in [2.24, 2.45) is 7.05 Å². The molecule has 170 valence electrons. The van der Waals surface area contributed by atoms with Crippen LogP contribution < -0.4 is 10.1 Å². The van der Waals surface area contributed by atoms with Crippen molar-refractivity contribution in [2.45, 2.75) is 38.4 Å². The molecule has 1 N–H and O–H groups in total. The average molecular weight is 447 g/mol. The van der Waals surface area contributed by atoms with E-state index in [1.165, 1.54) is 28.6 Å². The van der Waals surface area contributed by atoms with E-state index >= 15 is 0 Å². The number of halogens is 3. The summed E-state index contributed by atoms with van der Waals surface area (Å²) in [5.74, 6) is 0.116. The second-order valence-corrected chi connectivity index (χ2v) is 7.71. The summed E-state index contributed by atoms with van der Waals surface area (Å²) in [4.78, 5) is 16.9. The number of benzene rings is 1. The smallest absolute Gasteiger partial charge is 0.422 e. The molecule has 0 saturated heterocycles. The van der Waals surface area contributed by atoms with Gasteiger partial charge in [0.25, 0.3) is 0 Å². The van der Waals surface area contributed by atoms with Gasteiger partial charge in [-0.3, -0.25) is 14.5 Å². The summed E-state index contributed by atoms with van der Waals surface area (Å²) in [7, 11) is 1.69. The number of alkyl halides is 3. The fourth-order valence-corrected chi connectivity index (χ4v) is 3.03. The Kier molecular flexibility index (Phi) is 7.12. The van der Waals surface area contributed by atoms with Crippen LogP contribution in [0.4, 0.5) is 13.2 Å². The first-order valence-electron chi connectivity index (χ1n) is 10.0. The topological polar surface area (TPSA) is 81.9 Å². The maximum absolute atomic E-state index is 12.7. The van der Waals surface area contributed by atoms with Crippen LogP contribution in [-0.2, 0) is 18.3 Å². The summed E-state index contributed by atoms with van der Waals surface area (Å²) in [6.45, 7) is 2.78. The molecule has 0 aliphatic rings. The molecule has 32 heavy (non-hydrogen) atoms. The van der Waals surface area contributed by atoms with E-state index in [1.54, 1.807) is 13.2 Å². The van der Waals surface area contributed by atoms with Gasteiger partial charge in [-0.1, -0.05) is 43.3 Å². The third-order valence-electron chi connectivity index (χ3n) is 4.69. The standard InChI is InChI=1S/C22H24F3N5O2/c1-14(2)16-6-4-15(5-7-16)10-20(31)27-21(19-12-30(3)29-28-19)18-9-8-17(11-26-18)32-13-22(23,24)25/h4-9,11-12,14,21H,10,13H2,1-3H3,(H,27,31). The number of aromatic nitrogens is 4. The minimum atomic E-state index is -4.44. The molecule has 1 unspecified atom stereocenters. The molecule has 10 heteroatoms. The van der Waals surface area contributed by atoms with Crippen LogP contribution in [-0.4, -0.2) is 38.7 Å². The lowest BCUT2D eigenvalue weighted by molar-refractivity contribution is -0.153. The van der Waals surface area contributed by atoms with Crippen molar-refractivity contribution >= 4 is 5.91 Å². The van der Waals surface area contributed by atoms with Crippen molar-refractivity contribution in [2.75, 3.05) is 6.61 Å². The zero-order valence-corrected chi connectivity index (χ0v) is 17.9. The van der Waals surface area contributed by atoms with Crippen LogP contribution in [0.5, 0.6) is 5.75 Å². The number of hydrogen-bond acceptors (Lipinski definition) is 5. The van der Waals surface area contributed by atoms with Crippen molar-refractivity contribution in [3.8, 4) is 5.75 Å². The van der Waals surface area contributed by atoms with E-state index in [4.69, 9.17) is 4.74 Å². The van der Waals surface area contributed by atoms with Crippen LogP contribution in [0.3, 0.4) is 0 Å². The molecule has 0 bridgehead atoms. The Hall–Kier alpha value is -3.43. The third-order valence-corrected chi connectivity index (χ3v) is 4.69. The van der Waals surface area contributed by atoms with Crippen molar-refractivity contribution < 1.29 is 22.7 Å². The van der Waals surface area contributed by atoms with Gasteiger partial charge >= 0.3 is 6.18 Å². The van der Waals surface area contributed by atoms with E-state index in [1.807, 2.05) is 24.3 Å². The quantitative estimate of drug-likeness (QED) is 0.569. The van der Waals surface area contributed by atoms with Crippen molar-refractivity contribution in [3.05, 3.63) is 71.3 Å². The van der Waals surface area contributed by atoms with E-state index in [-0.39, 0.29) is 18.1 Å². The van der Waals surface area contributed by atoms with Crippen molar-refractivity contribution in [1.82, 2.24) is 25.3 Å². The number of nitrogens with zero attached hydrogens (tertiary/aromatic N) is 4. The maximum Gasteiger partial charge on any atom is 0.422 e. The number of carbonyl (C=O) groups excluding carboxylic acids is 1. The lowest BCUT2D eigenvalue weighted by atomic mass is 10.0. The van der Waals surface area contributed by atoms with Gasteiger partial charge in [0.15, 0.2) is 6.61 Å². The monoisotopic (exact) mass is 447 g/mol. The molecular weight excluding hydrogens is 423 g/mol. The predicted octanol–water partition coefficient (Wildman–Crippen LogP) is 3.72. The SMILES string of the molecule is CC(C)c1ccc(CC(=O)NC(c2ccc(OCC(F)(F)F)cn2)c2cn(C)nn2)cc1. The molecule has 2 heterocycles. The Balaban J connectivity index is 1.74. The van der Waals surface area contributed by atoms with Gasteiger partial charge in [-0.05, 0) is 29.2 Å². The largest absolute Gasteiger partial charge is 0.483 e. The van der Waals surface area contributed by atoms with E-state index in [0.717, 1.165) is 5.56 Å². The molecule has 0 radical (unpaired) electrons. The van der Waals surface area contributed by atoms with Gasteiger partial charge in [-0.15, -0.1) is 5.10 Å². The van der Waals surface area contributed by atoms with Gasteiger partial charge < -0.3 is 10.1 Å². The van der Waals surface area contributed by atoms with Gasteiger partial charge in [0.05, 0.1) is 24.5 Å². The molecule has 3 aromatic rings. The van der Waals surface area contributed by atoms with Crippen molar-refractivity contribution in [3.63, 3.8) is 0 Å². The highest BCUT2D eigenvalue weighted by Crippen LogP contribution is 2.22. The Morgan fingerprint density at radius 1 is 1.12 bits per heavy atom. The number of aryl methyl sites for hydroxylation is 1. The van der Waals surface area contributed by atoms with E-state index in [0.29, 0.717) is 17.3 Å². The Morgan fingerprint density at radius 2 is 1.84 bits per heavy atom. The predicted molar refractivity (Wildman–Crippen MR) is 111 cm³/mol. The van der Waals surface area contributed by atoms with E-state index in [2.05, 4.69) is 34.5 Å². The molecule has 7 nitrogen and oxygen atoms in total. The van der Waals surface area contributed by atoms with Crippen molar-refractivity contribution in [1.29, 1.82) is 0 Å². The zero-order chi connectivity index (χ0) is 23.3. The third kappa shape index (κ3) is 6.53. The number of rotatable bonds is 8. The average Bonchev–Trinajstić information content (AvgIpc) is 3.17. The summed E-state index contributed by atoms with van der Waals surface area (Å²) < 4.78 is 43.2. The summed E-state index contributed by atoms with van der Waals surface area (Å²) in [5.41, 5.74) is 2.89. The zero-order valence-electron chi connectivity index (χ0n) is 17.9. The number of hydrogen-bond donors (Lipinski definition) is 1. The number of pyridine rings is 1. The first kappa shape index (κ1) is 23.2. The molecule has 0 aliphatic heterocycles. The number of ether oxygens (including phenoxy) is 1. The van der Waals surface area contributed by atoms with Crippen LogP contribution in [0.1, 0.15) is 48.3 Å². The molecule has 1 aromatic carbocycles. The van der Waals surface area contributed by atoms with Crippen LogP contribution in [0.2, 0.25) is 0 Å². The van der Waals surface area contributed by atoms with Crippen LogP contribution in [0.15, 0.2) is 48.8 Å². The molecular formula is C22H24F3N5O2. The molecule has 1 amide bonds. The molecule has 3 rings (SSSR count). The highest BCUT2D eigenvalue weighted by atomic mass is 19.4. The number of nitrogens with one attached hydrogen (secondary N) is 1. The Morgan fingerprint density at radius 3 is 2.38 bits per heavy atom. The van der Waals surface area contributed by atoms with Crippen LogP contribution >= 0.6 is 0 Å². The van der Waals surface area contributed by atoms with E-state index in [9.17, 15) is 18.0 Å². The van der Waals surface area contributed by atoms with Gasteiger partial charge in [0.1, 0.15) is 17.5 Å². The van der Waals surface area contributed by atoms with Gasteiger partial charge in [-0.2, -0.15) is 13.2 Å². The Labute approximate surface area is 183 Å². The normalized spacial score (nSPS) is 12.6. The first-order chi connectivity index (χ1) is 15.1. The molecule has 0 aliphatic carbocycles. The molecule has 0 spiro atoms. The summed E-state index contributed by atoms with van der Waals surface area (Å²) in [6.07, 6.45) is -1.47. The summed E-state index contributed by atoms with van der Waals surface area (Å²) in [6, 6.07) is 9.96. The molecule has 1 atom stereocenters. The van der Waals surface area contributed by atoms with Crippen LogP contribution in [0.25, 0.3) is 0 Å². The number of carbonyl (C=O) groups is 1. The molecule has 2 aromatic heterocycles. The highest BCUT2D eigenvalue weighted by Gasteiger charge is 2.28. The lowest BCUT2D eigenvalue weighted by Crippen LogP contribution is -2.31. The lowest BCUT2D eigenvalue weighted by Gasteiger charge is -2.17. The first-order valence-corrected chi connectivity index (χ1v) is 10.0. The number of amides is 1. The van der Waals surface area contributed by atoms with Gasteiger partial charge in [0.2, 0.25) is 5.91 Å². The minimum Gasteiger partial charge on any atom is -0.483 e. The second-order valence-electron chi connectivity index (χ2n) is 7.71. The summed E-state index contributed by atoms with van der Waals surface area (Å²) >= 11 is 0. The highest BCUT2D eigenvalue weighted by molar-refractivity contribution is 5.79. The second kappa shape index (κ2) is 9.80. The maximum atomic E-state index is 12.7. The van der Waals surface area contributed by atoms with Gasteiger partial charge in [0, 0.05) is 7.05 Å². The van der Waals surface area contributed by atoms with Gasteiger partial charge in [-0.25, -0.2) is 0 Å².